The van der Waals surface area contributed by atoms with Crippen LogP contribution in [0.25, 0.3) is 0 Å². The maximum Gasteiger partial charge on any atom is 0.191 e. The first-order valence-corrected chi connectivity index (χ1v) is 8.55. The number of hydrogen-bond donors (Lipinski definition) is 2. The van der Waals surface area contributed by atoms with Gasteiger partial charge in [-0.25, -0.2) is 4.39 Å². The molecule has 0 aliphatic heterocycles. The van der Waals surface area contributed by atoms with Gasteiger partial charge in [0.1, 0.15) is 17.7 Å². The SMILES string of the molecule is CCC(CNC(=NC)NCCCCCOC)Oc1cccc(F)c1. The summed E-state index contributed by atoms with van der Waals surface area (Å²) in [5.41, 5.74) is 0. The Kier molecular flexibility index (Phi) is 10.6. The van der Waals surface area contributed by atoms with Gasteiger partial charge in [-0.1, -0.05) is 13.0 Å². The third kappa shape index (κ3) is 8.72. The maximum absolute atomic E-state index is 13.2. The third-order valence-corrected chi connectivity index (χ3v) is 3.59. The minimum absolute atomic E-state index is 0.0490. The van der Waals surface area contributed by atoms with Crippen molar-refractivity contribution in [1.82, 2.24) is 10.6 Å². The number of guanidine groups is 1. The van der Waals surface area contributed by atoms with Crippen LogP contribution in [0.2, 0.25) is 0 Å². The Bertz CT molecular complexity index is 483. The molecule has 0 bridgehead atoms. The van der Waals surface area contributed by atoms with Gasteiger partial charge in [0.15, 0.2) is 5.96 Å². The molecule has 0 fully saturated rings. The van der Waals surface area contributed by atoms with E-state index >= 15 is 0 Å². The van der Waals surface area contributed by atoms with E-state index in [-0.39, 0.29) is 11.9 Å². The Hall–Kier alpha value is -1.82. The number of benzene rings is 1. The first-order chi connectivity index (χ1) is 11.7. The largest absolute Gasteiger partial charge is 0.489 e. The number of unbranched alkanes of at least 4 members (excludes halogenated alkanes) is 2. The van der Waals surface area contributed by atoms with Crippen LogP contribution in [0.5, 0.6) is 5.75 Å². The van der Waals surface area contributed by atoms with Gasteiger partial charge in [-0.2, -0.15) is 0 Å². The van der Waals surface area contributed by atoms with Crippen molar-refractivity contribution in [2.75, 3.05) is 33.9 Å². The molecule has 1 rings (SSSR count). The summed E-state index contributed by atoms with van der Waals surface area (Å²) in [4.78, 5) is 4.20. The number of ether oxygens (including phenoxy) is 2. The van der Waals surface area contributed by atoms with E-state index in [0.717, 1.165) is 44.8 Å². The van der Waals surface area contributed by atoms with Gasteiger partial charge in [-0.3, -0.25) is 4.99 Å². The van der Waals surface area contributed by atoms with Crippen molar-refractivity contribution < 1.29 is 13.9 Å². The second-order valence-electron chi connectivity index (χ2n) is 5.54. The molecule has 24 heavy (non-hydrogen) atoms. The van der Waals surface area contributed by atoms with Crippen LogP contribution in [0.15, 0.2) is 29.3 Å². The van der Waals surface area contributed by atoms with Crippen molar-refractivity contribution in [1.29, 1.82) is 0 Å². The standard InChI is InChI=1S/C18H30FN3O2/c1-4-16(24-17-10-8-9-15(19)13-17)14-22-18(20-2)21-11-6-5-7-12-23-3/h8-10,13,16H,4-7,11-12,14H2,1-3H3,(H2,20,21,22). The van der Waals surface area contributed by atoms with Crippen LogP contribution in [-0.4, -0.2) is 45.9 Å². The first-order valence-electron chi connectivity index (χ1n) is 8.55. The second-order valence-corrected chi connectivity index (χ2v) is 5.54. The number of halogens is 1. The smallest absolute Gasteiger partial charge is 0.191 e. The lowest BCUT2D eigenvalue weighted by Gasteiger charge is -2.20. The van der Waals surface area contributed by atoms with Crippen molar-refractivity contribution in [3.8, 4) is 5.75 Å². The molecule has 1 atom stereocenters. The zero-order valence-corrected chi connectivity index (χ0v) is 15.0. The monoisotopic (exact) mass is 339 g/mol. The number of nitrogens with one attached hydrogen (secondary N) is 2. The molecule has 0 aliphatic rings. The van der Waals surface area contributed by atoms with Gasteiger partial charge in [0.2, 0.25) is 0 Å². The van der Waals surface area contributed by atoms with Crippen LogP contribution >= 0.6 is 0 Å². The highest BCUT2D eigenvalue weighted by Gasteiger charge is 2.09. The van der Waals surface area contributed by atoms with E-state index in [1.165, 1.54) is 12.1 Å². The van der Waals surface area contributed by atoms with E-state index in [2.05, 4.69) is 15.6 Å². The summed E-state index contributed by atoms with van der Waals surface area (Å²) in [5, 5.41) is 6.53. The summed E-state index contributed by atoms with van der Waals surface area (Å²) in [6.45, 7) is 4.32. The summed E-state index contributed by atoms with van der Waals surface area (Å²) in [7, 11) is 3.47. The van der Waals surface area contributed by atoms with Crippen molar-refractivity contribution in [3.05, 3.63) is 30.1 Å². The van der Waals surface area contributed by atoms with Crippen molar-refractivity contribution >= 4 is 5.96 Å². The molecule has 0 heterocycles. The lowest BCUT2D eigenvalue weighted by atomic mass is 10.2. The summed E-state index contributed by atoms with van der Waals surface area (Å²) >= 11 is 0. The molecule has 5 nitrogen and oxygen atoms in total. The molecule has 0 amide bonds. The summed E-state index contributed by atoms with van der Waals surface area (Å²) in [5.74, 6) is 1.01. The average molecular weight is 339 g/mol. The predicted octanol–water partition coefficient (Wildman–Crippen LogP) is 2.96. The highest BCUT2D eigenvalue weighted by molar-refractivity contribution is 5.79. The zero-order chi connectivity index (χ0) is 17.6. The molecule has 1 unspecified atom stereocenters. The highest BCUT2D eigenvalue weighted by Crippen LogP contribution is 2.14. The van der Waals surface area contributed by atoms with E-state index in [0.29, 0.717) is 12.3 Å². The summed E-state index contributed by atoms with van der Waals surface area (Å²) in [6, 6.07) is 6.22. The topological polar surface area (TPSA) is 54.9 Å². The van der Waals surface area contributed by atoms with Gasteiger partial charge in [0.25, 0.3) is 0 Å². The molecule has 6 heteroatoms. The number of methoxy groups -OCH3 is 1. The second kappa shape index (κ2) is 12.6. The van der Waals surface area contributed by atoms with Gasteiger partial charge in [-0.05, 0) is 37.8 Å². The molecular formula is C18H30FN3O2. The molecule has 0 aliphatic carbocycles. The van der Waals surface area contributed by atoms with Crippen LogP contribution in [0.4, 0.5) is 4.39 Å². The van der Waals surface area contributed by atoms with E-state index in [1.54, 1.807) is 26.3 Å². The fraction of sp³-hybridized carbons (Fsp3) is 0.611. The predicted molar refractivity (Wildman–Crippen MR) is 96.2 cm³/mol. The van der Waals surface area contributed by atoms with Gasteiger partial charge in [0.05, 0.1) is 6.54 Å². The fourth-order valence-electron chi connectivity index (χ4n) is 2.19. The van der Waals surface area contributed by atoms with Crippen molar-refractivity contribution in [3.63, 3.8) is 0 Å². The number of hydrogen-bond acceptors (Lipinski definition) is 3. The number of aliphatic imine (C=N–C) groups is 1. The quantitative estimate of drug-likeness (QED) is 0.370. The van der Waals surface area contributed by atoms with Gasteiger partial charge < -0.3 is 20.1 Å². The number of rotatable bonds is 11. The van der Waals surface area contributed by atoms with Crippen LogP contribution in [0, 0.1) is 5.82 Å². The van der Waals surface area contributed by atoms with Crippen LogP contribution in [-0.2, 0) is 4.74 Å². The van der Waals surface area contributed by atoms with E-state index in [1.807, 2.05) is 6.92 Å². The molecule has 2 N–H and O–H groups in total. The van der Waals surface area contributed by atoms with Gasteiger partial charge in [-0.15, -0.1) is 0 Å². The van der Waals surface area contributed by atoms with Crippen LogP contribution in [0.1, 0.15) is 32.6 Å². The molecule has 1 aromatic rings. The van der Waals surface area contributed by atoms with Crippen molar-refractivity contribution in [2.45, 2.75) is 38.7 Å². The van der Waals surface area contributed by atoms with E-state index in [4.69, 9.17) is 9.47 Å². The minimum atomic E-state index is -0.290. The Labute approximate surface area is 144 Å². The molecule has 0 aromatic heterocycles. The molecule has 1 aromatic carbocycles. The van der Waals surface area contributed by atoms with Crippen LogP contribution < -0.4 is 15.4 Å². The maximum atomic E-state index is 13.2. The summed E-state index contributed by atoms with van der Waals surface area (Å²) < 4.78 is 24.0. The lowest BCUT2D eigenvalue weighted by molar-refractivity contribution is 0.192. The lowest BCUT2D eigenvalue weighted by Crippen LogP contribution is -2.42. The molecule has 136 valence electrons. The fourth-order valence-corrected chi connectivity index (χ4v) is 2.19. The minimum Gasteiger partial charge on any atom is -0.489 e. The Balaban J connectivity index is 2.29. The molecular weight excluding hydrogens is 309 g/mol. The van der Waals surface area contributed by atoms with Crippen LogP contribution in [0.3, 0.4) is 0 Å². The van der Waals surface area contributed by atoms with Gasteiger partial charge in [0, 0.05) is 33.4 Å². The molecule has 0 saturated heterocycles. The first kappa shape index (κ1) is 20.2. The normalized spacial score (nSPS) is 12.8. The molecule has 0 radical (unpaired) electrons. The summed E-state index contributed by atoms with van der Waals surface area (Å²) in [6.07, 6.45) is 4.03. The number of nitrogens with zero attached hydrogens (tertiary/aromatic N) is 1. The highest BCUT2D eigenvalue weighted by atomic mass is 19.1. The van der Waals surface area contributed by atoms with E-state index < -0.39 is 0 Å². The van der Waals surface area contributed by atoms with Crippen molar-refractivity contribution in [2.24, 2.45) is 4.99 Å². The third-order valence-electron chi connectivity index (χ3n) is 3.59. The Morgan fingerprint density at radius 3 is 2.75 bits per heavy atom. The van der Waals surface area contributed by atoms with Gasteiger partial charge >= 0.3 is 0 Å². The Morgan fingerprint density at radius 1 is 1.25 bits per heavy atom. The molecule has 0 saturated carbocycles. The zero-order valence-electron chi connectivity index (χ0n) is 15.0. The Morgan fingerprint density at radius 2 is 2.08 bits per heavy atom. The average Bonchev–Trinajstić information content (AvgIpc) is 2.59. The molecule has 0 spiro atoms. The van der Waals surface area contributed by atoms with E-state index in [9.17, 15) is 4.39 Å².